The quantitative estimate of drug-likeness (QED) is 0.798. The van der Waals surface area contributed by atoms with Crippen molar-refractivity contribution in [2.45, 2.75) is 64.1 Å². The highest BCUT2D eigenvalue weighted by atomic mass is 16.2. The van der Waals surface area contributed by atoms with Crippen LogP contribution < -0.4 is 10.2 Å². The molecule has 170 valence electrons. The molecule has 4 fully saturated rings. The van der Waals surface area contributed by atoms with Gasteiger partial charge in [-0.05, 0) is 55.7 Å². The highest BCUT2D eigenvalue weighted by molar-refractivity contribution is 6.07. The van der Waals surface area contributed by atoms with E-state index in [1.54, 1.807) is 15.6 Å². The predicted octanol–water partition coefficient (Wildman–Crippen LogP) is 2.62. The fourth-order valence-electron chi connectivity index (χ4n) is 6.36. The molecule has 1 N–H and O–H groups in total. The van der Waals surface area contributed by atoms with E-state index in [4.69, 9.17) is 0 Å². The SMILES string of the molecule is C[C@H]1CN(Cc2ccn3ncc(N4CCC(=O)NC4=O)c3c2)CCN1C1CC2(CCC2)C1. The lowest BCUT2D eigenvalue weighted by Crippen LogP contribution is -2.61. The molecule has 0 radical (unpaired) electrons. The first kappa shape index (κ1) is 20.2. The molecule has 2 saturated carbocycles. The fraction of sp³-hybridized carbons (Fsp3) is 0.625. The van der Waals surface area contributed by atoms with Crippen LogP contribution in [0.3, 0.4) is 0 Å². The first-order valence-electron chi connectivity index (χ1n) is 12.1. The van der Waals surface area contributed by atoms with Crippen molar-refractivity contribution in [2.24, 2.45) is 5.41 Å². The first-order chi connectivity index (χ1) is 15.5. The summed E-state index contributed by atoms with van der Waals surface area (Å²) in [5.74, 6) is -0.221. The third kappa shape index (κ3) is 3.40. The number of nitrogens with zero attached hydrogens (tertiary/aromatic N) is 5. The number of urea groups is 1. The van der Waals surface area contributed by atoms with Gasteiger partial charge in [0.25, 0.3) is 0 Å². The van der Waals surface area contributed by atoms with Crippen molar-refractivity contribution in [1.29, 1.82) is 0 Å². The zero-order valence-corrected chi connectivity index (χ0v) is 18.8. The normalized spacial score (nSPS) is 26.9. The summed E-state index contributed by atoms with van der Waals surface area (Å²) >= 11 is 0. The Hall–Kier alpha value is -2.45. The van der Waals surface area contributed by atoms with E-state index in [9.17, 15) is 9.59 Å². The third-order valence-electron chi connectivity index (χ3n) is 8.30. The molecule has 3 amide bonds. The molecule has 2 aromatic heterocycles. The van der Waals surface area contributed by atoms with Crippen molar-refractivity contribution >= 4 is 23.1 Å². The number of piperazine rings is 1. The Morgan fingerprint density at radius 2 is 2.03 bits per heavy atom. The van der Waals surface area contributed by atoms with Crippen LogP contribution in [0, 0.1) is 5.41 Å². The van der Waals surface area contributed by atoms with Gasteiger partial charge in [0.1, 0.15) is 0 Å². The summed E-state index contributed by atoms with van der Waals surface area (Å²) in [7, 11) is 0. The molecule has 0 bridgehead atoms. The van der Waals surface area contributed by atoms with Crippen molar-refractivity contribution in [3.05, 3.63) is 30.1 Å². The molecule has 1 atom stereocenters. The Kier molecular flexibility index (Phi) is 4.76. The monoisotopic (exact) mass is 436 g/mol. The molecular formula is C24H32N6O2. The van der Waals surface area contributed by atoms with Crippen molar-refractivity contribution < 1.29 is 9.59 Å². The highest BCUT2D eigenvalue weighted by Gasteiger charge is 2.50. The summed E-state index contributed by atoms with van der Waals surface area (Å²) in [6, 6.07) is 5.28. The molecule has 2 aliphatic carbocycles. The van der Waals surface area contributed by atoms with Gasteiger partial charge in [0.15, 0.2) is 0 Å². The van der Waals surface area contributed by atoms with Gasteiger partial charge in [-0.3, -0.25) is 24.8 Å². The highest BCUT2D eigenvalue weighted by Crippen LogP contribution is 2.57. The smallest absolute Gasteiger partial charge is 0.296 e. The number of carbonyl (C=O) groups excluding carboxylic acids is 2. The van der Waals surface area contributed by atoms with Gasteiger partial charge in [-0.1, -0.05) is 6.42 Å². The minimum absolute atomic E-state index is 0.221. The van der Waals surface area contributed by atoms with Gasteiger partial charge in [-0.25, -0.2) is 9.31 Å². The Balaban J connectivity index is 1.12. The average molecular weight is 437 g/mol. The van der Waals surface area contributed by atoms with E-state index in [2.05, 4.69) is 39.3 Å². The predicted molar refractivity (Wildman–Crippen MR) is 121 cm³/mol. The van der Waals surface area contributed by atoms with Crippen molar-refractivity contribution in [3.63, 3.8) is 0 Å². The summed E-state index contributed by atoms with van der Waals surface area (Å²) in [6.07, 6.45) is 11.2. The molecule has 6 rings (SSSR count). The van der Waals surface area contributed by atoms with Crippen molar-refractivity contribution in [2.75, 3.05) is 31.1 Å². The Morgan fingerprint density at radius 3 is 2.75 bits per heavy atom. The van der Waals surface area contributed by atoms with Gasteiger partial charge in [-0.15, -0.1) is 0 Å². The molecule has 32 heavy (non-hydrogen) atoms. The van der Waals surface area contributed by atoms with E-state index >= 15 is 0 Å². The molecular weight excluding hydrogens is 404 g/mol. The van der Waals surface area contributed by atoms with E-state index in [-0.39, 0.29) is 11.9 Å². The van der Waals surface area contributed by atoms with Crippen LogP contribution in [-0.4, -0.2) is 69.6 Å². The number of hydrogen-bond acceptors (Lipinski definition) is 5. The lowest BCUT2D eigenvalue weighted by Gasteiger charge is -2.59. The van der Waals surface area contributed by atoms with E-state index in [0.717, 1.165) is 48.8 Å². The van der Waals surface area contributed by atoms with E-state index < -0.39 is 0 Å². The van der Waals surface area contributed by atoms with Crippen LogP contribution in [0.1, 0.15) is 51.0 Å². The molecule has 0 unspecified atom stereocenters. The zero-order chi connectivity index (χ0) is 21.9. The van der Waals surface area contributed by atoms with Gasteiger partial charge in [-0.2, -0.15) is 5.10 Å². The van der Waals surface area contributed by atoms with Crippen LogP contribution in [0.4, 0.5) is 10.5 Å². The second kappa shape index (κ2) is 7.56. The number of carbonyl (C=O) groups is 2. The summed E-state index contributed by atoms with van der Waals surface area (Å²) in [6.45, 7) is 7.02. The Bertz CT molecular complexity index is 1050. The van der Waals surface area contributed by atoms with Crippen LogP contribution >= 0.6 is 0 Å². The van der Waals surface area contributed by atoms with Gasteiger partial charge < -0.3 is 0 Å². The number of pyridine rings is 1. The summed E-state index contributed by atoms with van der Waals surface area (Å²) < 4.78 is 1.80. The molecule has 2 aliphatic heterocycles. The van der Waals surface area contributed by atoms with Gasteiger partial charge in [0.05, 0.1) is 17.4 Å². The van der Waals surface area contributed by atoms with Crippen LogP contribution in [0.2, 0.25) is 0 Å². The number of rotatable bonds is 4. The number of hydrogen-bond donors (Lipinski definition) is 1. The Labute approximate surface area is 188 Å². The number of amides is 3. The van der Waals surface area contributed by atoms with Crippen LogP contribution in [0.15, 0.2) is 24.5 Å². The molecule has 0 aromatic carbocycles. The zero-order valence-electron chi connectivity index (χ0n) is 18.8. The van der Waals surface area contributed by atoms with Gasteiger partial charge in [0.2, 0.25) is 5.91 Å². The maximum absolute atomic E-state index is 12.3. The summed E-state index contributed by atoms with van der Waals surface area (Å²) in [5.41, 5.74) is 3.62. The maximum atomic E-state index is 12.3. The fourth-order valence-corrected chi connectivity index (χ4v) is 6.36. The minimum atomic E-state index is -0.369. The molecule has 8 nitrogen and oxygen atoms in total. The maximum Gasteiger partial charge on any atom is 0.328 e. The van der Waals surface area contributed by atoms with Crippen LogP contribution in [0.5, 0.6) is 0 Å². The lowest BCUT2D eigenvalue weighted by atomic mass is 9.53. The second-order valence-corrected chi connectivity index (χ2v) is 10.4. The largest absolute Gasteiger partial charge is 0.328 e. The molecule has 2 saturated heterocycles. The number of aromatic nitrogens is 2. The van der Waals surface area contributed by atoms with Gasteiger partial charge >= 0.3 is 6.03 Å². The average Bonchev–Trinajstić information content (AvgIpc) is 3.10. The third-order valence-corrected chi connectivity index (χ3v) is 8.30. The topological polar surface area (TPSA) is 73.2 Å². The van der Waals surface area contributed by atoms with Crippen LogP contribution in [-0.2, 0) is 11.3 Å². The second-order valence-electron chi connectivity index (χ2n) is 10.4. The first-order valence-corrected chi connectivity index (χ1v) is 12.1. The van der Waals surface area contributed by atoms with Crippen molar-refractivity contribution in [1.82, 2.24) is 24.7 Å². The van der Waals surface area contributed by atoms with Crippen LogP contribution in [0.25, 0.3) is 5.52 Å². The molecule has 2 aromatic rings. The standard InChI is InChI=1S/C24H32N6O2/c1-17-15-27(9-10-28(17)19-12-24(13-19)5-2-6-24)16-18-3-8-30-20(11-18)21(14-25-30)29-7-4-22(31)26-23(29)32/h3,8,11,14,17,19H,2,4-7,9-10,12-13,15-16H2,1H3,(H,26,31,32)/t17-/m0/s1. The molecule has 1 spiro atoms. The Morgan fingerprint density at radius 1 is 1.19 bits per heavy atom. The number of anilines is 1. The molecule has 4 aliphatic rings. The number of nitrogens with one attached hydrogen (secondary N) is 1. The van der Waals surface area contributed by atoms with E-state index in [0.29, 0.717) is 19.0 Å². The van der Waals surface area contributed by atoms with Crippen molar-refractivity contribution in [3.8, 4) is 0 Å². The molecule has 8 heteroatoms. The lowest BCUT2D eigenvalue weighted by molar-refractivity contribution is -0.120. The minimum Gasteiger partial charge on any atom is -0.296 e. The van der Waals surface area contributed by atoms with E-state index in [1.165, 1.54) is 37.7 Å². The van der Waals surface area contributed by atoms with Gasteiger partial charge in [0, 0.05) is 57.4 Å². The summed E-state index contributed by atoms with van der Waals surface area (Å²) in [5, 5.41) is 6.81. The number of imide groups is 1. The van der Waals surface area contributed by atoms with E-state index in [1.807, 2.05) is 6.20 Å². The molecule has 4 heterocycles. The summed E-state index contributed by atoms with van der Waals surface area (Å²) in [4.78, 5) is 30.7. The number of fused-ring (bicyclic) bond motifs is 1.